The Labute approximate surface area is 185 Å². The molecule has 0 aromatic heterocycles. The molecule has 7 heteroatoms. The van der Waals surface area contributed by atoms with E-state index in [0.29, 0.717) is 30.3 Å². The van der Waals surface area contributed by atoms with Crippen molar-refractivity contribution in [3.05, 3.63) is 24.3 Å². The fraction of sp³-hybridized carbons (Fsp3) is 0.708. The zero-order valence-electron chi connectivity index (χ0n) is 18.3. The molecule has 1 aromatic rings. The molecule has 2 N–H and O–H groups in total. The lowest BCUT2D eigenvalue weighted by Gasteiger charge is -2.60. The lowest BCUT2D eigenvalue weighted by atomic mass is 9.44. The van der Waals surface area contributed by atoms with E-state index in [1.165, 1.54) is 43.5 Å². The molecular formula is C24H34N2O4S. The molecule has 5 fully saturated rings. The number of nitrogens with one attached hydrogen (secondary N) is 1. The smallest absolute Gasteiger partial charge is 0.243 e. The number of hydrogen-bond acceptors (Lipinski definition) is 4. The Bertz CT molecular complexity index is 944. The van der Waals surface area contributed by atoms with E-state index >= 15 is 0 Å². The second-order valence-electron chi connectivity index (χ2n) is 11.0. The molecule has 1 heterocycles. The van der Waals surface area contributed by atoms with Gasteiger partial charge in [0.2, 0.25) is 15.9 Å². The van der Waals surface area contributed by atoms with Gasteiger partial charge in [0.05, 0.1) is 10.3 Å². The van der Waals surface area contributed by atoms with Gasteiger partial charge in [-0.2, -0.15) is 4.31 Å². The van der Waals surface area contributed by atoms with Crippen molar-refractivity contribution in [3.63, 3.8) is 0 Å². The van der Waals surface area contributed by atoms with Crippen LogP contribution in [0.25, 0.3) is 0 Å². The number of sulfonamides is 1. The third-order valence-electron chi connectivity index (χ3n) is 8.35. The fourth-order valence-electron chi connectivity index (χ4n) is 7.63. The van der Waals surface area contributed by atoms with E-state index in [-0.39, 0.29) is 28.0 Å². The average molecular weight is 447 g/mol. The van der Waals surface area contributed by atoms with Gasteiger partial charge in [0.1, 0.15) is 5.75 Å². The fourth-order valence-corrected chi connectivity index (χ4v) is 9.32. The summed E-state index contributed by atoms with van der Waals surface area (Å²) in [7, 11) is -3.66. The monoisotopic (exact) mass is 446 g/mol. The zero-order valence-corrected chi connectivity index (χ0v) is 19.2. The quantitative estimate of drug-likeness (QED) is 0.723. The van der Waals surface area contributed by atoms with Gasteiger partial charge in [-0.05, 0) is 92.9 Å². The van der Waals surface area contributed by atoms with E-state index in [1.54, 1.807) is 4.31 Å². The third kappa shape index (κ3) is 3.78. The van der Waals surface area contributed by atoms with E-state index in [2.05, 4.69) is 12.2 Å². The molecule has 1 amide bonds. The maximum atomic E-state index is 13.4. The van der Waals surface area contributed by atoms with Gasteiger partial charge in [-0.15, -0.1) is 0 Å². The van der Waals surface area contributed by atoms with Crippen LogP contribution in [-0.4, -0.2) is 42.9 Å². The summed E-state index contributed by atoms with van der Waals surface area (Å²) >= 11 is 0. The van der Waals surface area contributed by atoms with Gasteiger partial charge in [-0.1, -0.05) is 13.3 Å². The molecule has 0 radical (unpaired) electrons. The van der Waals surface area contributed by atoms with E-state index < -0.39 is 10.0 Å². The minimum Gasteiger partial charge on any atom is -0.508 e. The molecule has 4 aliphatic carbocycles. The number of amides is 1. The predicted molar refractivity (Wildman–Crippen MR) is 118 cm³/mol. The standard InChI is InChI=1S/C24H34N2O4S/c1-23-11-17-10-18(12-23)14-24(13-17,16-23)22(28)25-15-19-4-2-3-9-26(19)31(29,30)21-7-5-20(27)6-8-21/h5-8,17-19,27H,2-4,9-16H2,1H3,(H,25,28)/t17-,18+,19?,23?,24?. The summed E-state index contributed by atoms with van der Waals surface area (Å²) in [5.74, 6) is 1.56. The second kappa shape index (κ2) is 7.48. The van der Waals surface area contributed by atoms with Crippen molar-refractivity contribution >= 4 is 15.9 Å². The van der Waals surface area contributed by atoms with Crippen LogP contribution in [0.2, 0.25) is 0 Å². The number of phenolic OH excluding ortho intramolecular Hbond substituents is 1. The van der Waals surface area contributed by atoms with Crippen LogP contribution < -0.4 is 5.32 Å². The van der Waals surface area contributed by atoms with Gasteiger partial charge in [-0.3, -0.25) is 4.79 Å². The molecule has 1 aliphatic heterocycles. The van der Waals surface area contributed by atoms with Crippen LogP contribution in [0.1, 0.15) is 64.7 Å². The molecule has 5 aliphatic rings. The number of hydrogen-bond donors (Lipinski definition) is 2. The number of aromatic hydroxyl groups is 1. The van der Waals surface area contributed by atoms with Gasteiger partial charge in [-0.25, -0.2) is 8.42 Å². The first-order valence-electron chi connectivity index (χ1n) is 11.8. The zero-order chi connectivity index (χ0) is 21.9. The Morgan fingerprint density at radius 2 is 1.81 bits per heavy atom. The van der Waals surface area contributed by atoms with Gasteiger partial charge >= 0.3 is 0 Å². The maximum Gasteiger partial charge on any atom is 0.243 e. The molecule has 0 spiro atoms. The second-order valence-corrected chi connectivity index (χ2v) is 12.9. The molecule has 4 bridgehead atoms. The molecular weight excluding hydrogens is 412 g/mol. The first-order valence-corrected chi connectivity index (χ1v) is 13.2. The van der Waals surface area contributed by atoms with Crippen LogP contribution in [0, 0.1) is 22.7 Å². The third-order valence-corrected chi connectivity index (χ3v) is 10.3. The summed E-state index contributed by atoms with van der Waals surface area (Å²) in [5, 5.41) is 12.7. The van der Waals surface area contributed by atoms with Crippen LogP contribution in [0.3, 0.4) is 0 Å². The summed E-state index contributed by atoms with van der Waals surface area (Å²) in [6.45, 7) is 3.21. The Morgan fingerprint density at radius 1 is 1.13 bits per heavy atom. The van der Waals surface area contributed by atoms with Crippen molar-refractivity contribution in [2.75, 3.05) is 13.1 Å². The highest BCUT2D eigenvalue weighted by atomic mass is 32.2. The highest BCUT2D eigenvalue weighted by Gasteiger charge is 2.58. The molecule has 6 nitrogen and oxygen atoms in total. The molecule has 1 aromatic carbocycles. The van der Waals surface area contributed by atoms with Gasteiger partial charge in [0.25, 0.3) is 0 Å². The Morgan fingerprint density at radius 3 is 2.45 bits per heavy atom. The summed E-state index contributed by atoms with van der Waals surface area (Å²) in [4.78, 5) is 13.6. The topological polar surface area (TPSA) is 86.7 Å². The van der Waals surface area contributed by atoms with Gasteiger partial charge in [0.15, 0.2) is 0 Å². The lowest BCUT2D eigenvalue weighted by Crippen LogP contribution is -2.58. The van der Waals surface area contributed by atoms with E-state index in [4.69, 9.17) is 0 Å². The SMILES string of the molecule is CC12C[C@H]3C[C@@H](C1)CC(C(=O)NCC1CCCCN1S(=O)(=O)c1ccc(O)cc1)(C3)C2. The van der Waals surface area contributed by atoms with Crippen molar-refractivity contribution in [2.45, 2.75) is 75.6 Å². The van der Waals surface area contributed by atoms with Crippen LogP contribution in [0.4, 0.5) is 0 Å². The van der Waals surface area contributed by atoms with Crippen molar-refractivity contribution in [2.24, 2.45) is 22.7 Å². The van der Waals surface area contributed by atoms with Crippen LogP contribution in [0.5, 0.6) is 5.75 Å². The Kier molecular flexibility index (Phi) is 5.13. The molecule has 5 atom stereocenters. The number of carbonyl (C=O) groups excluding carboxylic acids is 1. The van der Waals surface area contributed by atoms with E-state index in [0.717, 1.165) is 38.5 Å². The number of piperidine rings is 1. The molecule has 3 unspecified atom stereocenters. The predicted octanol–water partition coefficient (Wildman–Crippen LogP) is 3.66. The van der Waals surface area contributed by atoms with Gasteiger partial charge in [0, 0.05) is 19.1 Å². The van der Waals surface area contributed by atoms with Crippen molar-refractivity contribution < 1.29 is 18.3 Å². The summed E-state index contributed by atoms with van der Waals surface area (Å²) < 4.78 is 28.1. The maximum absolute atomic E-state index is 13.4. The number of phenols is 1. The Balaban J connectivity index is 1.30. The average Bonchev–Trinajstić information content (AvgIpc) is 2.70. The van der Waals surface area contributed by atoms with E-state index in [9.17, 15) is 18.3 Å². The molecule has 1 saturated heterocycles. The first-order chi connectivity index (χ1) is 14.7. The highest BCUT2D eigenvalue weighted by Crippen LogP contribution is 2.65. The summed E-state index contributed by atoms with van der Waals surface area (Å²) in [6.07, 6.45) is 9.36. The van der Waals surface area contributed by atoms with Crippen LogP contribution >= 0.6 is 0 Å². The minimum absolute atomic E-state index is 0.0469. The number of benzene rings is 1. The number of rotatable bonds is 5. The first kappa shape index (κ1) is 21.3. The van der Waals surface area contributed by atoms with Crippen molar-refractivity contribution in [1.82, 2.24) is 9.62 Å². The normalized spacial score (nSPS) is 37.6. The number of carbonyl (C=O) groups is 1. The molecule has 170 valence electrons. The lowest BCUT2D eigenvalue weighted by molar-refractivity contribution is -0.155. The summed E-state index contributed by atoms with van der Waals surface area (Å²) in [6, 6.07) is 5.49. The summed E-state index contributed by atoms with van der Waals surface area (Å²) in [5.41, 5.74) is 0.0642. The molecule has 4 saturated carbocycles. The van der Waals surface area contributed by atoms with Crippen molar-refractivity contribution in [3.8, 4) is 5.75 Å². The molecule has 31 heavy (non-hydrogen) atoms. The Hall–Kier alpha value is -1.60. The highest BCUT2D eigenvalue weighted by molar-refractivity contribution is 7.89. The van der Waals surface area contributed by atoms with Crippen molar-refractivity contribution in [1.29, 1.82) is 0 Å². The van der Waals surface area contributed by atoms with Crippen LogP contribution in [-0.2, 0) is 14.8 Å². The van der Waals surface area contributed by atoms with Crippen LogP contribution in [0.15, 0.2) is 29.2 Å². The number of nitrogens with zero attached hydrogens (tertiary/aromatic N) is 1. The van der Waals surface area contributed by atoms with Gasteiger partial charge < -0.3 is 10.4 Å². The molecule has 6 rings (SSSR count). The minimum atomic E-state index is -3.66. The largest absolute Gasteiger partial charge is 0.508 e. The van der Waals surface area contributed by atoms with E-state index in [1.807, 2.05) is 0 Å².